The van der Waals surface area contributed by atoms with Crippen molar-refractivity contribution in [2.45, 2.75) is 32.7 Å². The highest BCUT2D eigenvalue weighted by molar-refractivity contribution is 5.85. The highest BCUT2D eigenvalue weighted by Gasteiger charge is 2.33. The Morgan fingerprint density at radius 2 is 1.82 bits per heavy atom. The molecule has 1 aromatic carbocycles. The smallest absolute Gasteiger partial charge is 0.236 e. The Kier molecular flexibility index (Phi) is 14.0. The molecule has 3 aliphatic rings. The third-order valence-electron chi connectivity index (χ3n) is 8.90. The Bertz CT molecular complexity index is 1310. The first-order valence-electron chi connectivity index (χ1n) is 15.4. The molecule has 2 bridgehead atoms. The van der Waals surface area contributed by atoms with E-state index in [4.69, 9.17) is 4.74 Å². The van der Waals surface area contributed by atoms with E-state index < -0.39 is 0 Å². The number of likely N-dealkylation sites (N-methyl/N-ethyl adjacent to an activating group) is 1. The zero-order valence-corrected chi connectivity index (χ0v) is 27.9. The summed E-state index contributed by atoms with van der Waals surface area (Å²) < 4.78 is 6.21. The number of carbonyl (C=O) groups excluding carboxylic acids is 3. The number of piperazine rings is 1. The van der Waals surface area contributed by atoms with Gasteiger partial charge in [-0.1, -0.05) is 18.2 Å². The van der Waals surface area contributed by atoms with Gasteiger partial charge in [0.2, 0.25) is 17.7 Å². The number of amides is 3. The Morgan fingerprint density at radius 1 is 1.04 bits per heavy atom. The zero-order chi connectivity index (χ0) is 30.2. The molecule has 0 radical (unpaired) electrons. The summed E-state index contributed by atoms with van der Waals surface area (Å²) in [5.74, 6) is 1.31. The molecular formula is C33H46Cl2N6O4. The van der Waals surface area contributed by atoms with Crippen LogP contribution in [-0.4, -0.2) is 103 Å². The van der Waals surface area contributed by atoms with E-state index in [1.165, 1.54) is 0 Å². The van der Waals surface area contributed by atoms with E-state index in [-0.39, 0.29) is 60.9 Å². The number of pyridine rings is 1. The second kappa shape index (κ2) is 17.4. The summed E-state index contributed by atoms with van der Waals surface area (Å²) in [4.78, 5) is 50.3. The summed E-state index contributed by atoms with van der Waals surface area (Å²) in [5, 5.41) is 3.35. The van der Waals surface area contributed by atoms with Crippen LogP contribution in [0.1, 0.15) is 31.0 Å². The highest BCUT2D eigenvalue weighted by atomic mass is 35.5. The number of aromatic nitrogens is 1. The lowest BCUT2D eigenvalue weighted by molar-refractivity contribution is -0.140. The van der Waals surface area contributed by atoms with Crippen LogP contribution in [0.2, 0.25) is 0 Å². The zero-order valence-electron chi connectivity index (χ0n) is 26.2. The number of benzene rings is 1. The lowest BCUT2D eigenvalue weighted by Gasteiger charge is -2.39. The molecule has 5 rings (SSSR count). The molecule has 0 aliphatic carbocycles. The number of halogens is 2. The Balaban J connectivity index is 0.00000276. The minimum absolute atomic E-state index is 0. The molecule has 45 heavy (non-hydrogen) atoms. The molecule has 3 amide bonds. The number of carbonyl (C=O) groups is 3. The molecule has 2 aromatic rings. The van der Waals surface area contributed by atoms with Gasteiger partial charge in [0.05, 0.1) is 6.54 Å². The highest BCUT2D eigenvalue weighted by Crippen LogP contribution is 2.30. The van der Waals surface area contributed by atoms with Crippen molar-refractivity contribution in [3.63, 3.8) is 0 Å². The number of nitrogens with one attached hydrogen (secondary N) is 1. The number of hydrogen-bond donors (Lipinski definition) is 1. The quantitative estimate of drug-likeness (QED) is 0.476. The third kappa shape index (κ3) is 9.82. The molecule has 0 spiro atoms. The first kappa shape index (κ1) is 36.1. The van der Waals surface area contributed by atoms with Crippen LogP contribution in [0.15, 0.2) is 54.7 Å². The summed E-state index contributed by atoms with van der Waals surface area (Å²) >= 11 is 0. The lowest BCUT2D eigenvalue weighted by atomic mass is 9.82. The van der Waals surface area contributed by atoms with Crippen molar-refractivity contribution in [1.82, 2.24) is 25.0 Å². The third-order valence-corrected chi connectivity index (χ3v) is 8.90. The van der Waals surface area contributed by atoms with Gasteiger partial charge in [-0.3, -0.25) is 19.4 Å². The molecular weight excluding hydrogens is 615 g/mol. The summed E-state index contributed by atoms with van der Waals surface area (Å²) in [6.45, 7) is 7.19. The summed E-state index contributed by atoms with van der Waals surface area (Å²) in [6.07, 6.45) is 8.08. The number of fused-ring (bicyclic) bond motifs is 3. The molecule has 246 valence electrons. The van der Waals surface area contributed by atoms with E-state index in [2.05, 4.69) is 40.5 Å². The fourth-order valence-corrected chi connectivity index (χ4v) is 6.18. The fourth-order valence-electron chi connectivity index (χ4n) is 6.18. The first-order valence-corrected chi connectivity index (χ1v) is 15.4. The Hall–Kier alpha value is -3.34. The van der Waals surface area contributed by atoms with Crippen LogP contribution in [0, 0.1) is 11.8 Å². The molecule has 0 unspecified atom stereocenters. The van der Waals surface area contributed by atoms with Crippen LogP contribution < -0.4 is 15.0 Å². The van der Waals surface area contributed by atoms with Gasteiger partial charge in [-0.25, -0.2) is 0 Å². The number of anilines is 1. The maximum atomic E-state index is 13.2. The van der Waals surface area contributed by atoms with Gasteiger partial charge >= 0.3 is 0 Å². The molecule has 3 aliphatic heterocycles. The maximum Gasteiger partial charge on any atom is 0.236 e. The monoisotopic (exact) mass is 660 g/mol. The second-order valence-electron chi connectivity index (χ2n) is 11.8. The molecule has 2 atom stereocenters. The van der Waals surface area contributed by atoms with Gasteiger partial charge in [0.15, 0.2) is 0 Å². The van der Waals surface area contributed by atoms with E-state index in [1.54, 1.807) is 11.8 Å². The standard InChI is InChI=1S/C33H44N6O4.2ClH/c1-25(40)37-15-17-38(18-16-37)32(41)21-26-10-14-39-24-27(26)6-5-19-43-31-9-8-30(20-28(31)22-34-23-33(39)42)36(2)13-11-29-7-3-4-12-35-29;;/h3-9,12,20,26-27,34H,10-11,13-19,21-24H2,1-2H3;2*1H/t26-,27-;;/m0../s1. The largest absolute Gasteiger partial charge is 0.489 e. The number of rotatable bonds is 6. The van der Waals surface area contributed by atoms with E-state index in [0.29, 0.717) is 58.8 Å². The molecule has 0 saturated carbocycles. The summed E-state index contributed by atoms with van der Waals surface area (Å²) in [6, 6.07) is 12.2. The van der Waals surface area contributed by atoms with Gasteiger partial charge in [0.25, 0.3) is 0 Å². The van der Waals surface area contributed by atoms with Crippen LogP contribution in [0.3, 0.4) is 0 Å². The molecule has 4 heterocycles. The lowest BCUT2D eigenvalue weighted by Crippen LogP contribution is -2.51. The normalized spacial score (nSPS) is 20.2. The number of ether oxygens (including phenoxy) is 1. The van der Waals surface area contributed by atoms with Gasteiger partial charge in [-0.15, -0.1) is 24.8 Å². The van der Waals surface area contributed by atoms with Crippen LogP contribution in [0.5, 0.6) is 5.75 Å². The fraction of sp³-hybridized carbons (Fsp3) is 0.515. The summed E-state index contributed by atoms with van der Waals surface area (Å²) in [7, 11) is 2.07. The number of piperidine rings is 1. The molecule has 1 N–H and O–H groups in total. The van der Waals surface area contributed by atoms with Crippen LogP contribution in [-0.2, 0) is 27.3 Å². The van der Waals surface area contributed by atoms with Crippen molar-refractivity contribution >= 4 is 48.2 Å². The molecule has 10 nitrogen and oxygen atoms in total. The van der Waals surface area contributed by atoms with Gasteiger partial charge in [-0.05, 0) is 48.6 Å². The minimum Gasteiger partial charge on any atom is -0.489 e. The van der Waals surface area contributed by atoms with Crippen molar-refractivity contribution in [2.75, 3.05) is 70.9 Å². The van der Waals surface area contributed by atoms with E-state index in [0.717, 1.165) is 42.1 Å². The van der Waals surface area contributed by atoms with Gasteiger partial charge < -0.3 is 29.7 Å². The van der Waals surface area contributed by atoms with Crippen LogP contribution in [0.25, 0.3) is 0 Å². The van der Waals surface area contributed by atoms with Crippen molar-refractivity contribution < 1.29 is 19.1 Å². The molecule has 2 fully saturated rings. The Morgan fingerprint density at radius 3 is 2.56 bits per heavy atom. The van der Waals surface area contributed by atoms with Crippen LogP contribution >= 0.6 is 24.8 Å². The van der Waals surface area contributed by atoms with Crippen molar-refractivity contribution in [3.8, 4) is 5.75 Å². The second-order valence-corrected chi connectivity index (χ2v) is 11.8. The van der Waals surface area contributed by atoms with E-state index in [1.807, 2.05) is 46.3 Å². The van der Waals surface area contributed by atoms with Gasteiger partial charge in [0, 0.05) is 102 Å². The van der Waals surface area contributed by atoms with Crippen molar-refractivity contribution in [1.29, 1.82) is 0 Å². The SMILES string of the molecule is CC(=O)N1CCN(C(=O)C[C@@H]2CCN3C[C@@H]2C=CCOc2ccc(N(C)CCc4ccccn4)cc2CNCC3=O)CC1.Cl.Cl. The van der Waals surface area contributed by atoms with Gasteiger partial charge in [0.1, 0.15) is 12.4 Å². The van der Waals surface area contributed by atoms with E-state index in [9.17, 15) is 14.4 Å². The molecule has 12 heteroatoms. The maximum absolute atomic E-state index is 13.2. The van der Waals surface area contributed by atoms with Crippen molar-refractivity contribution in [2.24, 2.45) is 11.8 Å². The predicted octanol–water partition coefficient (Wildman–Crippen LogP) is 3.19. The van der Waals surface area contributed by atoms with E-state index >= 15 is 0 Å². The van der Waals surface area contributed by atoms with Crippen LogP contribution in [0.4, 0.5) is 5.69 Å². The topological polar surface area (TPSA) is 98.3 Å². The predicted molar refractivity (Wildman–Crippen MR) is 180 cm³/mol. The average Bonchev–Trinajstić information content (AvgIpc) is 3.04. The summed E-state index contributed by atoms with van der Waals surface area (Å²) in [5.41, 5.74) is 3.15. The number of nitrogens with zero attached hydrogens (tertiary/aromatic N) is 5. The average molecular weight is 662 g/mol. The first-order chi connectivity index (χ1) is 20.9. The minimum atomic E-state index is 0. The molecule has 1 aromatic heterocycles. The Labute approximate surface area is 279 Å². The number of hydrogen-bond acceptors (Lipinski definition) is 7. The van der Waals surface area contributed by atoms with Gasteiger partial charge in [-0.2, -0.15) is 0 Å². The van der Waals surface area contributed by atoms with Crippen molar-refractivity contribution in [3.05, 3.63) is 66.0 Å². The molecule has 2 saturated heterocycles.